The van der Waals surface area contributed by atoms with Crippen LogP contribution >= 0.6 is 12.2 Å². The molecule has 15 heavy (non-hydrogen) atoms. The Morgan fingerprint density at radius 1 is 1.33 bits per heavy atom. The van der Waals surface area contributed by atoms with Gasteiger partial charge in [-0.1, -0.05) is 0 Å². The first-order valence-corrected chi connectivity index (χ1v) is 5.01. The quantitative estimate of drug-likeness (QED) is 0.740. The van der Waals surface area contributed by atoms with E-state index in [1.165, 1.54) is 6.07 Å². The van der Waals surface area contributed by atoms with Gasteiger partial charge in [-0.2, -0.15) is 0 Å². The average molecular weight is 228 g/mol. The van der Waals surface area contributed by atoms with Gasteiger partial charge in [0, 0.05) is 12.1 Å². The van der Waals surface area contributed by atoms with E-state index in [0.717, 1.165) is 6.07 Å². The fourth-order valence-electron chi connectivity index (χ4n) is 1.66. The number of nitrogens with one attached hydrogen (secondary N) is 1. The zero-order valence-electron chi connectivity index (χ0n) is 8.34. The number of aromatic amines is 1. The summed E-state index contributed by atoms with van der Waals surface area (Å²) in [5.74, 6) is -1.21. The lowest BCUT2D eigenvalue weighted by molar-refractivity contribution is 0.585. The molecule has 0 aliphatic rings. The average Bonchev–Trinajstić information content (AvgIpc) is 2.41. The van der Waals surface area contributed by atoms with E-state index in [9.17, 15) is 8.78 Å². The van der Waals surface area contributed by atoms with Crippen molar-refractivity contribution in [3.05, 3.63) is 28.5 Å². The van der Waals surface area contributed by atoms with Crippen LogP contribution < -0.4 is 0 Å². The van der Waals surface area contributed by atoms with Crippen molar-refractivity contribution in [2.45, 2.75) is 19.9 Å². The second kappa shape index (κ2) is 3.41. The number of fused-ring (bicyclic) bond motifs is 1. The predicted octanol–water partition coefficient (Wildman–Crippen LogP) is 3.56. The van der Waals surface area contributed by atoms with Crippen molar-refractivity contribution < 1.29 is 8.78 Å². The van der Waals surface area contributed by atoms with E-state index >= 15 is 0 Å². The summed E-state index contributed by atoms with van der Waals surface area (Å²) in [6.45, 7) is 3.82. The Morgan fingerprint density at radius 3 is 2.60 bits per heavy atom. The Morgan fingerprint density at radius 2 is 2.00 bits per heavy atom. The third-order valence-electron chi connectivity index (χ3n) is 2.26. The van der Waals surface area contributed by atoms with E-state index in [0.29, 0.717) is 10.3 Å². The Labute approximate surface area is 90.5 Å². The van der Waals surface area contributed by atoms with Gasteiger partial charge in [-0.25, -0.2) is 8.78 Å². The Bertz CT molecular complexity index is 569. The predicted molar refractivity (Wildman–Crippen MR) is 57.4 cm³/mol. The largest absolute Gasteiger partial charge is 0.328 e. The molecule has 0 fully saturated rings. The molecule has 2 aromatic rings. The maximum Gasteiger partial charge on any atom is 0.178 e. The summed E-state index contributed by atoms with van der Waals surface area (Å²) >= 11 is 5.05. The fourth-order valence-corrected chi connectivity index (χ4v) is 2.07. The number of nitrogens with zero attached hydrogens (tertiary/aromatic N) is 1. The minimum atomic E-state index is -0.615. The van der Waals surface area contributed by atoms with Crippen molar-refractivity contribution in [3.63, 3.8) is 0 Å². The number of aromatic nitrogens is 2. The van der Waals surface area contributed by atoms with Crippen molar-refractivity contribution >= 4 is 23.3 Å². The van der Waals surface area contributed by atoms with Crippen LogP contribution in [0.25, 0.3) is 11.0 Å². The van der Waals surface area contributed by atoms with E-state index in [2.05, 4.69) is 4.98 Å². The van der Waals surface area contributed by atoms with Crippen molar-refractivity contribution in [2.75, 3.05) is 0 Å². The summed E-state index contributed by atoms with van der Waals surface area (Å²) in [6, 6.07) is 2.19. The lowest BCUT2D eigenvalue weighted by atomic mass is 10.2. The maximum atomic E-state index is 13.4. The lowest BCUT2D eigenvalue weighted by Crippen LogP contribution is -2.00. The number of halogens is 2. The van der Waals surface area contributed by atoms with E-state index in [1.807, 2.05) is 13.8 Å². The molecule has 1 N–H and O–H groups in total. The topological polar surface area (TPSA) is 20.7 Å². The number of H-pyrrole nitrogens is 1. The van der Waals surface area contributed by atoms with Crippen LogP contribution in [0.1, 0.15) is 19.9 Å². The van der Waals surface area contributed by atoms with Crippen LogP contribution in [0.15, 0.2) is 12.1 Å². The van der Waals surface area contributed by atoms with Gasteiger partial charge in [0.2, 0.25) is 0 Å². The molecule has 0 amide bonds. The highest BCUT2D eigenvalue weighted by Gasteiger charge is 2.12. The lowest BCUT2D eigenvalue weighted by Gasteiger charge is -2.07. The van der Waals surface area contributed by atoms with Crippen molar-refractivity contribution in [1.29, 1.82) is 0 Å². The van der Waals surface area contributed by atoms with E-state index < -0.39 is 11.6 Å². The Kier molecular flexibility index (Phi) is 2.34. The molecule has 1 aromatic heterocycles. The van der Waals surface area contributed by atoms with Crippen LogP contribution in [0.5, 0.6) is 0 Å². The smallest absolute Gasteiger partial charge is 0.178 e. The summed E-state index contributed by atoms with van der Waals surface area (Å²) in [5.41, 5.74) is 0.725. The van der Waals surface area contributed by atoms with Gasteiger partial charge < -0.3 is 9.55 Å². The molecule has 1 heterocycles. The molecule has 0 saturated carbocycles. The molecule has 0 radical (unpaired) electrons. The van der Waals surface area contributed by atoms with E-state index in [1.54, 1.807) is 4.57 Å². The molecule has 0 saturated heterocycles. The molecule has 0 atom stereocenters. The standard InChI is InChI=1S/C10H10F2N2S/c1-5(2)14-8-4-6(11)3-7(12)9(8)13-10(14)15/h3-5H,1-2H3,(H,13,15). The van der Waals surface area contributed by atoms with Crippen LogP contribution in [0.4, 0.5) is 8.78 Å². The highest BCUT2D eigenvalue weighted by atomic mass is 32.1. The molecule has 0 bridgehead atoms. The first-order valence-electron chi connectivity index (χ1n) is 4.60. The minimum absolute atomic E-state index is 0.0625. The van der Waals surface area contributed by atoms with E-state index in [-0.39, 0.29) is 11.6 Å². The Hall–Kier alpha value is -1.23. The normalized spacial score (nSPS) is 11.5. The summed E-state index contributed by atoms with van der Waals surface area (Å²) in [5, 5.41) is 0. The molecule has 1 aromatic carbocycles. The van der Waals surface area contributed by atoms with Crippen molar-refractivity contribution in [1.82, 2.24) is 9.55 Å². The van der Waals surface area contributed by atoms with Gasteiger partial charge in [-0.15, -0.1) is 0 Å². The van der Waals surface area contributed by atoms with Crippen LogP contribution in [0.3, 0.4) is 0 Å². The van der Waals surface area contributed by atoms with Gasteiger partial charge in [0.15, 0.2) is 10.6 Å². The first kappa shape index (κ1) is 10.3. The Balaban J connectivity index is 2.93. The van der Waals surface area contributed by atoms with Crippen LogP contribution in [0.2, 0.25) is 0 Å². The summed E-state index contributed by atoms with van der Waals surface area (Å²) in [7, 11) is 0. The number of hydrogen-bond donors (Lipinski definition) is 1. The van der Waals surface area contributed by atoms with Crippen LogP contribution in [-0.2, 0) is 0 Å². The monoisotopic (exact) mass is 228 g/mol. The highest BCUT2D eigenvalue weighted by Crippen LogP contribution is 2.22. The summed E-state index contributed by atoms with van der Waals surface area (Å²) in [6.07, 6.45) is 0. The fraction of sp³-hybridized carbons (Fsp3) is 0.300. The molecular weight excluding hydrogens is 218 g/mol. The first-order chi connectivity index (χ1) is 7.00. The second-order valence-corrected chi connectivity index (χ2v) is 4.06. The van der Waals surface area contributed by atoms with Crippen LogP contribution in [0, 0.1) is 16.4 Å². The third kappa shape index (κ3) is 1.56. The van der Waals surface area contributed by atoms with Gasteiger partial charge in [0.05, 0.1) is 5.52 Å². The molecule has 5 heteroatoms. The molecule has 0 unspecified atom stereocenters. The van der Waals surface area contributed by atoms with Gasteiger partial charge in [0.1, 0.15) is 11.3 Å². The van der Waals surface area contributed by atoms with Crippen molar-refractivity contribution in [2.24, 2.45) is 0 Å². The zero-order valence-corrected chi connectivity index (χ0v) is 9.16. The molecule has 2 rings (SSSR count). The van der Waals surface area contributed by atoms with Crippen LogP contribution in [-0.4, -0.2) is 9.55 Å². The minimum Gasteiger partial charge on any atom is -0.328 e. The molecule has 0 aliphatic carbocycles. The number of rotatable bonds is 1. The van der Waals surface area contributed by atoms with Gasteiger partial charge in [-0.05, 0) is 32.1 Å². The maximum absolute atomic E-state index is 13.4. The number of hydrogen-bond acceptors (Lipinski definition) is 1. The molecule has 0 aliphatic heterocycles. The molecule has 80 valence electrons. The zero-order chi connectivity index (χ0) is 11.2. The molecular formula is C10H10F2N2S. The van der Waals surface area contributed by atoms with E-state index in [4.69, 9.17) is 12.2 Å². The van der Waals surface area contributed by atoms with Crippen molar-refractivity contribution in [3.8, 4) is 0 Å². The second-order valence-electron chi connectivity index (χ2n) is 3.68. The summed E-state index contributed by atoms with van der Waals surface area (Å²) in [4.78, 5) is 2.74. The number of benzene rings is 1. The van der Waals surface area contributed by atoms with Gasteiger partial charge in [0.25, 0.3) is 0 Å². The highest BCUT2D eigenvalue weighted by molar-refractivity contribution is 7.71. The third-order valence-corrected chi connectivity index (χ3v) is 2.56. The molecule has 2 nitrogen and oxygen atoms in total. The van der Waals surface area contributed by atoms with Gasteiger partial charge in [-0.3, -0.25) is 0 Å². The number of imidazole rings is 1. The van der Waals surface area contributed by atoms with Gasteiger partial charge >= 0.3 is 0 Å². The SMILES string of the molecule is CC(C)n1c(=S)[nH]c2c(F)cc(F)cc21. The summed E-state index contributed by atoms with van der Waals surface area (Å²) < 4.78 is 28.5. The molecule has 0 spiro atoms.